The molecule has 4 heteroatoms. The van der Waals surface area contributed by atoms with Crippen LogP contribution in [-0.4, -0.2) is 19.0 Å². The number of hydrogen-bond acceptors (Lipinski definition) is 2. The van der Waals surface area contributed by atoms with Crippen LogP contribution in [0.3, 0.4) is 0 Å². The van der Waals surface area contributed by atoms with E-state index in [1.54, 1.807) is 0 Å². The minimum Gasteiger partial charge on any atom is -0.371 e. The number of para-hydroxylation sites is 1. The van der Waals surface area contributed by atoms with E-state index in [4.69, 9.17) is 0 Å². The number of benzene rings is 2. The Morgan fingerprint density at radius 1 is 1.00 bits per heavy atom. The molecule has 0 saturated carbocycles. The van der Waals surface area contributed by atoms with Gasteiger partial charge in [-0.15, -0.1) is 0 Å². The molecule has 1 amide bonds. The molecule has 0 bridgehead atoms. The van der Waals surface area contributed by atoms with Gasteiger partial charge in [-0.1, -0.05) is 34.1 Å². The Morgan fingerprint density at radius 2 is 1.64 bits per heavy atom. The normalized spacial score (nSPS) is 15.6. The first-order valence-electron chi connectivity index (χ1n) is 7.59. The van der Waals surface area contributed by atoms with Crippen LogP contribution in [0.15, 0.2) is 59.1 Å². The van der Waals surface area contributed by atoms with Crippen molar-refractivity contribution >= 4 is 33.2 Å². The molecule has 0 unspecified atom stereocenters. The summed E-state index contributed by atoms with van der Waals surface area (Å²) < 4.78 is 1.02. The molecule has 0 aromatic heterocycles. The molecule has 2 aromatic rings. The second-order valence-corrected chi connectivity index (χ2v) is 6.51. The molecule has 1 fully saturated rings. The van der Waals surface area contributed by atoms with Gasteiger partial charge in [0, 0.05) is 34.9 Å². The molecular weight excluding hydrogens is 340 g/mol. The van der Waals surface area contributed by atoms with E-state index >= 15 is 0 Å². The van der Waals surface area contributed by atoms with Gasteiger partial charge in [-0.3, -0.25) is 4.79 Å². The van der Waals surface area contributed by atoms with Crippen LogP contribution < -0.4 is 10.2 Å². The minimum absolute atomic E-state index is 0.101. The maximum atomic E-state index is 12.4. The van der Waals surface area contributed by atoms with Crippen molar-refractivity contribution in [1.82, 2.24) is 0 Å². The number of anilines is 2. The Hall–Kier alpha value is -1.81. The van der Waals surface area contributed by atoms with Gasteiger partial charge in [0.05, 0.1) is 0 Å². The van der Waals surface area contributed by atoms with Gasteiger partial charge in [-0.05, 0) is 49.2 Å². The lowest BCUT2D eigenvalue weighted by Gasteiger charge is -2.33. The second kappa shape index (κ2) is 6.97. The largest absolute Gasteiger partial charge is 0.371 e. The third-order valence-electron chi connectivity index (χ3n) is 4.10. The van der Waals surface area contributed by atoms with E-state index in [2.05, 4.69) is 50.4 Å². The summed E-state index contributed by atoms with van der Waals surface area (Å²) in [5, 5.41) is 3.02. The van der Waals surface area contributed by atoms with Crippen molar-refractivity contribution in [3.8, 4) is 0 Å². The smallest absolute Gasteiger partial charge is 0.227 e. The van der Waals surface area contributed by atoms with Crippen LogP contribution in [-0.2, 0) is 4.79 Å². The summed E-state index contributed by atoms with van der Waals surface area (Å²) in [5.74, 6) is 0.235. The zero-order chi connectivity index (χ0) is 15.4. The lowest BCUT2D eigenvalue weighted by Crippen LogP contribution is -2.38. The fourth-order valence-corrected chi connectivity index (χ4v) is 3.08. The molecule has 22 heavy (non-hydrogen) atoms. The molecule has 2 aromatic carbocycles. The first-order chi connectivity index (χ1) is 10.7. The van der Waals surface area contributed by atoms with Crippen molar-refractivity contribution in [1.29, 1.82) is 0 Å². The van der Waals surface area contributed by atoms with Gasteiger partial charge >= 0.3 is 0 Å². The fraction of sp³-hybridized carbons (Fsp3) is 0.278. The van der Waals surface area contributed by atoms with Crippen LogP contribution in [0.5, 0.6) is 0 Å². The standard InChI is InChI=1S/C18H19BrN2O/c19-15-6-8-16(9-7-15)20-18(22)14-10-12-21(13-11-14)17-4-2-1-3-5-17/h1-9,14H,10-13H2,(H,20,22). The molecule has 114 valence electrons. The van der Waals surface area contributed by atoms with E-state index in [1.165, 1.54) is 5.69 Å². The highest BCUT2D eigenvalue weighted by molar-refractivity contribution is 9.10. The van der Waals surface area contributed by atoms with E-state index in [9.17, 15) is 4.79 Å². The minimum atomic E-state index is 0.101. The Morgan fingerprint density at radius 3 is 2.27 bits per heavy atom. The molecule has 0 radical (unpaired) electrons. The quantitative estimate of drug-likeness (QED) is 0.886. The molecule has 3 rings (SSSR count). The summed E-state index contributed by atoms with van der Waals surface area (Å²) in [6, 6.07) is 18.1. The number of rotatable bonds is 3. The van der Waals surface area contributed by atoms with Gasteiger partial charge in [0.2, 0.25) is 5.91 Å². The van der Waals surface area contributed by atoms with E-state index < -0.39 is 0 Å². The van der Waals surface area contributed by atoms with Gasteiger partial charge in [-0.2, -0.15) is 0 Å². The summed E-state index contributed by atoms with van der Waals surface area (Å²) in [4.78, 5) is 14.7. The second-order valence-electron chi connectivity index (χ2n) is 5.59. The highest BCUT2D eigenvalue weighted by Gasteiger charge is 2.25. The zero-order valence-corrected chi connectivity index (χ0v) is 13.9. The zero-order valence-electron chi connectivity index (χ0n) is 12.3. The Balaban J connectivity index is 1.54. The third kappa shape index (κ3) is 3.69. The van der Waals surface area contributed by atoms with Gasteiger partial charge in [0.25, 0.3) is 0 Å². The van der Waals surface area contributed by atoms with Crippen molar-refractivity contribution in [2.45, 2.75) is 12.8 Å². The predicted molar refractivity (Wildman–Crippen MR) is 94.2 cm³/mol. The van der Waals surface area contributed by atoms with Crippen molar-refractivity contribution in [2.75, 3.05) is 23.3 Å². The van der Waals surface area contributed by atoms with E-state index in [0.717, 1.165) is 36.1 Å². The van der Waals surface area contributed by atoms with Crippen LogP contribution in [0.4, 0.5) is 11.4 Å². The van der Waals surface area contributed by atoms with Crippen molar-refractivity contribution in [3.63, 3.8) is 0 Å². The molecule has 0 aliphatic carbocycles. The molecular formula is C18H19BrN2O. The summed E-state index contributed by atoms with van der Waals surface area (Å²) in [6.45, 7) is 1.87. The van der Waals surface area contributed by atoms with E-state index in [0.29, 0.717) is 0 Å². The highest BCUT2D eigenvalue weighted by Crippen LogP contribution is 2.24. The number of carbonyl (C=O) groups excluding carboxylic acids is 1. The topological polar surface area (TPSA) is 32.3 Å². The maximum Gasteiger partial charge on any atom is 0.227 e. The van der Waals surface area contributed by atoms with Crippen LogP contribution >= 0.6 is 15.9 Å². The van der Waals surface area contributed by atoms with Crippen molar-refractivity contribution in [3.05, 3.63) is 59.1 Å². The van der Waals surface area contributed by atoms with E-state index in [-0.39, 0.29) is 11.8 Å². The monoisotopic (exact) mass is 358 g/mol. The number of hydrogen-bond donors (Lipinski definition) is 1. The highest BCUT2D eigenvalue weighted by atomic mass is 79.9. The molecule has 0 spiro atoms. The number of amides is 1. The molecule has 1 aliphatic heterocycles. The van der Waals surface area contributed by atoms with Gasteiger partial charge in [0.1, 0.15) is 0 Å². The predicted octanol–water partition coefficient (Wildman–Crippen LogP) is 4.30. The summed E-state index contributed by atoms with van der Waals surface area (Å²) in [6.07, 6.45) is 1.80. The number of nitrogens with one attached hydrogen (secondary N) is 1. The molecule has 1 heterocycles. The lowest BCUT2D eigenvalue weighted by molar-refractivity contribution is -0.120. The third-order valence-corrected chi connectivity index (χ3v) is 4.63. The van der Waals surface area contributed by atoms with Crippen molar-refractivity contribution in [2.24, 2.45) is 5.92 Å². The first kappa shape index (κ1) is 15.1. The van der Waals surface area contributed by atoms with Crippen molar-refractivity contribution < 1.29 is 4.79 Å². The van der Waals surface area contributed by atoms with Crippen LogP contribution in [0.1, 0.15) is 12.8 Å². The number of halogens is 1. The van der Waals surface area contributed by atoms with Gasteiger partial charge < -0.3 is 10.2 Å². The SMILES string of the molecule is O=C(Nc1ccc(Br)cc1)C1CCN(c2ccccc2)CC1. The average Bonchev–Trinajstić information content (AvgIpc) is 2.58. The van der Waals surface area contributed by atoms with Gasteiger partial charge in [0.15, 0.2) is 0 Å². The maximum absolute atomic E-state index is 12.4. The summed E-state index contributed by atoms with van der Waals surface area (Å²) in [7, 11) is 0. The Labute approximate surface area is 139 Å². The van der Waals surface area contributed by atoms with Crippen LogP contribution in [0, 0.1) is 5.92 Å². The Kier molecular flexibility index (Phi) is 4.78. The lowest BCUT2D eigenvalue weighted by atomic mass is 9.95. The molecule has 1 aliphatic rings. The van der Waals surface area contributed by atoms with Gasteiger partial charge in [-0.25, -0.2) is 0 Å². The number of nitrogens with zero attached hydrogens (tertiary/aromatic N) is 1. The molecule has 1 saturated heterocycles. The summed E-state index contributed by atoms with van der Waals surface area (Å²) >= 11 is 3.40. The molecule has 0 atom stereocenters. The Bertz CT molecular complexity index is 619. The average molecular weight is 359 g/mol. The number of carbonyl (C=O) groups is 1. The van der Waals surface area contributed by atoms with E-state index in [1.807, 2.05) is 30.3 Å². The first-order valence-corrected chi connectivity index (χ1v) is 8.38. The van der Waals surface area contributed by atoms with Crippen LogP contribution in [0.25, 0.3) is 0 Å². The molecule has 3 nitrogen and oxygen atoms in total. The fourth-order valence-electron chi connectivity index (χ4n) is 2.82. The summed E-state index contributed by atoms with van der Waals surface area (Å²) in [5.41, 5.74) is 2.10. The molecule has 1 N–H and O–H groups in total. The van der Waals surface area contributed by atoms with Crippen LogP contribution in [0.2, 0.25) is 0 Å². The number of piperidine rings is 1.